The van der Waals surface area contributed by atoms with E-state index in [1.54, 1.807) is 13.8 Å². The summed E-state index contributed by atoms with van der Waals surface area (Å²) in [6.07, 6.45) is 5.60. The first-order chi connectivity index (χ1) is 11.0. The normalized spacial score (nSPS) is 15.3. The molecule has 1 amide bonds. The number of nitrogens with one attached hydrogen (secondary N) is 1. The number of fused-ring (bicyclic) bond motifs is 2. The lowest BCUT2D eigenvalue weighted by molar-refractivity contribution is -0.150. The van der Waals surface area contributed by atoms with Gasteiger partial charge < -0.3 is 9.47 Å². The molecular formula is C18H23NO4. The van der Waals surface area contributed by atoms with Crippen molar-refractivity contribution >= 4 is 17.7 Å². The second kappa shape index (κ2) is 6.60. The van der Waals surface area contributed by atoms with Crippen LogP contribution in [0.4, 0.5) is 10.5 Å². The number of anilines is 1. The molecule has 124 valence electrons. The summed E-state index contributed by atoms with van der Waals surface area (Å²) in [4.78, 5) is 23.5. The summed E-state index contributed by atoms with van der Waals surface area (Å²) in [6.45, 7) is 3.16. The van der Waals surface area contributed by atoms with Gasteiger partial charge in [0.1, 0.15) is 0 Å². The SMILES string of the molecule is CC(C)OC(=O)COC(=O)Nc1c2c(cc3c1CCC3)CCC2. The molecule has 0 saturated heterocycles. The number of amides is 1. The van der Waals surface area contributed by atoms with E-state index < -0.39 is 12.1 Å². The lowest BCUT2D eigenvalue weighted by Crippen LogP contribution is -2.23. The lowest BCUT2D eigenvalue weighted by Gasteiger charge is -2.16. The number of rotatable bonds is 4. The Morgan fingerprint density at radius 2 is 1.70 bits per heavy atom. The molecule has 0 fully saturated rings. The third-order valence-electron chi connectivity index (χ3n) is 4.39. The van der Waals surface area contributed by atoms with Gasteiger partial charge in [-0.2, -0.15) is 0 Å². The smallest absolute Gasteiger partial charge is 0.412 e. The predicted octanol–water partition coefficient (Wildman–Crippen LogP) is 3.16. The second-order valence-corrected chi connectivity index (χ2v) is 6.47. The van der Waals surface area contributed by atoms with Gasteiger partial charge >= 0.3 is 12.1 Å². The van der Waals surface area contributed by atoms with Crippen LogP contribution in [-0.2, 0) is 40.0 Å². The van der Waals surface area contributed by atoms with Gasteiger partial charge in [0.2, 0.25) is 0 Å². The molecule has 0 unspecified atom stereocenters. The highest BCUT2D eigenvalue weighted by atomic mass is 16.6. The molecule has 3 rings (SSSR count). The van der Waals surface area contributed by atoms with Gasteiger partial charge in [-0.3, -0.25) is 5.32 Å². The van der Waals surface area contributed by atoms with Crippen LogP contribution in [0.2, 0.25) is 0 Å². The molecule has 0 spiro atoms. The summed E-state index contributed by atoms with van der Waals surface area (Å²) in [5.74, 6) is -0.529. The van der Waals surface area contributed by atoms with E-state index in [0.717, 1.165) is 44.2 Å². The highest BCUT2D eigenvalue weighted by Gasteiger charge is 2.25. The Morgan fingerprint density at radius 1 is 1.09 bits per heavy atom. The topological polar surface area (TPSA) is 64.6 Å². The maximum absolute atomic E-state index is 12.1. The number of benzene rings is 1. The fourth-order valence-electron chi connectivity index (χ4n) is 3.53. The Hall–Kier alpha value is -2.04. The Balaban J connectivity index is 1.68. The zero-order chi connectivity index (χ0) is 16.4. The molecule has 2 aliphatic carbocycles. The molecule has 1 aromatic carbocycles. The van der Waals surface area contributed by atoms with Crippen LogP contribution in [0.25, 0.3) is 0 Å². The standard InChI is InChI=1S/C18H23NO4/c1-11(2)23-16(20)10-22-18(21)19-17-14-7-3-5-12(14)9-13-6-4-8-15(13)17/h9,11H,3-8,10H2,1-2H3,(H,19,21). The van der Waals surface area contributed by atoms with Gasteiger partial charge in [-0.15, -0.1) is 0 Å². The van der Waals surface area contributed by atoms with Crippen molar-refractivity contribution in [3.05, 3.63) is 28.3 Å². The van der Waals surface area contributed by atoms with Crippen molar-refractivity contribution in [3.63, 3.8) is 0 Å². The van der Waals surface area contributed by atoms with Gasteiger partial charge in [0.05, 0.1) is 11.8 Å². The average molecular weight is 317 g/mol. The van der Waals surface area contributed by atoms with E-state index in [2.05, 4.69) is 11.4 Å². The first-order valence-electron chi connectivity index (χ1n) is 8.34. The summed E-state index contributed by atoms with van der Waals surface area (Å²) in [5.41, 5.74) is 6.11. The van der Waals surface area contributed by atoms with Crippen molar-refractivity contribution in [2.75, 3.05) is 11.9 Å². The number of ether oxygens (including phenoxy) is 2. The van der Waals surface area contributed by atoms with Gasteiger partial charge in [0.25, 0.3) is 0 Å². The molecule has 1 N–H and O–H groups in total. The van der Waals surface area contributed by atoms with E-state index in [1.165, 1.54) is 22.3 Å². The average Bonchev–Trinajstić information content (AvgIpc) is 3.12. The van der Waals surface area contributed by atoms with Gasteiger partial charge in [-0.1, -0.05) is 6.07 Å². The highest BCUT2D eigenvalue weighted by molar-refractivity contribution is 5.89. The van der Waals surface area contributed by atoms with Crippen LogP contribution in [0.1, 0.15) is 48.9 Å². The van der Waals surface area contributed by atoms with E-state index in [-0.39, 0.29) is 12.7 Å². The molecule has 0 bridgehead atoms. The van der Waals surface area contributed by atoms with E-state index in [9.17, 15) is 9.59 Å². The van der Waals surface area contributed by atoms with E-state index in [0.29, 0.717) is 0 Å². The molecule has 0 heterocycles. The zero-order valence-electron chi connectivity index (χ0n) is 13.7. The Bertz CT molecular complexity index is 604. The largest absolute Gasteiger partial charge is 0.460 e. The molecule has 0 aliphatic heterocycles. The molecule has 0 saturated carbocycles. The van der Waals surface area contributed by atoms with Crippen LogP contribution in [0.15, 0.2) is 6.07 Å². The minimum Gasteiger partial charge on any atom is -0.460 e. The Labute approximate surface area is 136 Å². The first-order valence-corrected chi connectivity index (χ1v) is 8.34. The summed E-state index contributed by atoms with van der Waals surface area (Å²) in [7, 11) is 0. The van der Waals surface area contributed by atoms with Gasteiger partial charge in [-0.25, -0.2) is 9.59 Å². The number of carbonyl (C=O) groups is 2. The fourth-order valence-corrected chi connectivity index (χ4v) is 3.53. The van der Waals surface area contributed by atoms with E-state index in [1.807, 2.05) is 0 Å². The monoisotopic (exact) mass is 317 g/mol. The molecule has 0 aromatic heterocycles. The van der Waals surface area contributed by atoms with Gasteiger partial charge in [-0.05, 0) is 74.6 Å². The van der Waals surface area contributed by atoms with E-state index in [4.69, 9.17) is 9.47 Å². The summed E-state index contributed by atoms with van der Waals surface area (Å²) in [5, 5.41) is 2.88. The number of esters is 1. The maximum Gasteiger partial charge on any atom is 0.412 e. The number of hydrogen-bond donors (Lipinski definition) is 1. The van der Waals surface area contributed by atoms with Crippen molar-refractivity contribution < 1.29 is 19.1 Å². The molecule has 0 atom stereocenters. The third kappa shape index (κ3) is 3.49. The fraction of sp³-hybridized carbons (Fsp3) is 0.556. The van der Waals surface area contributed by atoms with Crippen LogP contribution >= 0.6 is 0 Å². The van der Waals surface area contributed by atoms with Crippen LogP contribution in [0, 0.1) is 0 Å². The Kier molecular flexibility index (Phi) is 4.55. The van der Waals surface area contributed by atoms with Crippen molar-refractivity contribution in [2.24, 2.45) is 0 Å². The minimum absolute atomic E-state index is 0.213. The highest BCUT2D eigenvalue weighted by Crippen LogP contribution is 2.38. The quantitative estimate of drug-likeness (QED) is 0.866. The zero-order valence-corrected chi connectivity index (χ0v) is 13.7. The van der Waals surface area contributed by atoms with Crippen LogP contribution in [0.3, 0.4) is 0 Å². The number of carbonyl (C=O) groups excluding carboxylic acids is 2. The lowest BCUT2D eigenvalue weighted by atomic mass is 9.99. The van der Waals surface area contributed by atoms with Crippen LogP contribution in [0.5, 0.6) is 0 Å². The third-order valence-corrected chi connectivity index (χ3v) is 4.39. The molecule has 1 aromatic rings. The Morgan fingerprint density at radius 3 is 2.26 bits per heavy atom. The summed E-state index contributed by atoms with van der Waals surface area (Å²) < 4.78 is 9.96. The second-order valence-electron chi connectivity index (χ2n) is 6.47. The summed E-state index contributed by atoms with van der Waals surface area (Å²) >= 11 is 0. The van der Waals surface area contributed by atoms with Crippen molar-refractivity contribution in [1.29, 1.82) is 0 Å². The van der Waals surface area contributed by atoms with Crippen LogP contribution in [-0.4, -0.2) is 24.8 Å². The molecule has 2 aliphatic rings. The summed E-state index contributed by atoms with van der Waals surface area (Å²) in [6, 6.07) is 2.31. The van der Waals surface area contributed by atoms with Gasteiger partial charge in [0, 0.05) is 0 Å². The predicted molar refractivity (Wildman–Crippen MR) is 86.7 cm³/mol. The molecule has 0 radical (unpaired) electrons. The maximum atomic E-state index is 12.1. The van der Waals surface area contributed by atoms with E-state index >= 15 is 0 Å². The van der Waals surface area contributed by atoms with Crippen molar-refractivity contribution in [2.45, 2.75) is 58.5 Å². The number of aryl methyl sites for hydroxylation is 2. The molecule has 5 nitrogen and oxygen atoms in total. The van der Waals surface area contributed by atoms with Crippen molar-refractivity contribution in [1.82, 2.24) is 0 Å². The number of hydrogen-bond acceptors (Lipinski definition) is 4. The first kappa shape index (κ1) is 15.8. The van der Waals surface area contributed by atoms with Crippen LogP contribution < -0.4 is 5.32 Å². The van der Waals surface area contributed by atoms with Gasteiger partial charge in [0.15, 0.2) is 6.61 Å². The minimum atomic E-state index is -0.583. The molecular weight excluding hydrogens is 294 g/mol. The molecule has 23 heavy (non-hydrogen) atoms. The van der Waals surface area contributed by atoms with Crippen molar-refractivity contribution in [3.8, 4) is 0 Å². The molecule has 5 heteroatoms.